The molecule has 1 fully saturated rings. The van der Waals surface area contributed by atoms with Crippen LogP contribution in [0.15, 0.2) is 24.5 Å². The van der Waals surface area contributed by atoms with E-state index in [1.165, 1.54) is 32.1 Å². The zero-order valence-corrected chi connectivity index (χ0v) is 11.1. The quantitative estimate of drug-likeness (QED) is 0.461. The van der Waals surface area contributed by atoms with Crippen LogP contribution >= 0.6 is 0 Å². The summed E-state index contributed by atoms with van der Waals surface area (Å²) < 4.78 is 6.09. The van der Waals surface area contributed by atoms with Gasteiger partial charge in [0.15, 0.2) is 0 Å². The number of ether oxygens (including phenoxy) is 1. The highest BCUT2D eigenvalue weighted by molar-refractivity contribution is 5.17. The number of hydrogen-bond donors (Lipinski definition) is 0. The van der Waals surface area contributed by atoms with Gasteiger partial charge in [-0.2, -0.15) is 0 Å². The topological polar surface area (TPSA) is 9.23 Å². The second-order valence-electron chi connectivity index (χ2n) is 5.24. The summed E-state index contributed by atoms with van der Waals surface area (Å²) in [5.41, 5.74) is 1.00. The molecule has 0 aliphatic heterocycles. The molecule has 0 aromatic rings. The van der Waals surface area contributed by atoms with E-state index in [1.54, 1.807) is 0 Å². The lowest BCUT2D eigenvalue weighted by Gasteiger charge is -2.31. The molecular weight excluding hydrogens is 196 g/mol. The number of hydrogen-bond acceptors (Lipinski definition) is 1. The largest absolute Gasteiger partial charge is 0.488 e. The molecule has 0 spiro atoms. The Morgan fingerprint density at radius 1 is 1.38 bits per heavy atom. The monoisotopic (exact) mass is 222 g/mol. The zero-order valence-electron chi connectivity index (χ0n) is 11.1. The first-order chi connectivity index (χ1) is 7.53. The van der Waals surface area contributed by atoms with Crippen molar-refractivity contribution in [1.82, 2.24) is 0 Å². The Hall–Kier alpha value is -0.720. The fraction of sp³-hybridized carbons (Fsp3) is 0.733. The van der Waals surface area contributed by atoms with Crippen molar-refractivity contribution in [3.05, 3.63) is 24.5 Å². The molecule has 2 atom stereocenters. The molecule has 0 saturated heterocycles. The summed E-state index contributed by atoms with van der Waals surface area (Å²) in [6.45, 7) is 14.3. The minimum Gasteiger partial charge on any atom is -0.488 e. The van der Waals surface area contributed by atoms with Gasteiger partial charge in [0, 0.05) is 0 Å². The van der Waals surface area contributed by atoms with Gasteiger partial charge in [0.05, 0.1) is 0 Å². The van der Waals surface area contributed by atoms with Gasteiger partial charge >= 0.3 is 0 Å². The van der Waals surface area contributed by atoms with E-state index < -0.39 is 0 Å². The number of allylic oxidation sites excluding steroid dienone is 1. The van der Waals surface area contributed by atoms with E-state index in [2.05, 4.69) is 27.0 Å². The first kappa shape index (κ1) is 13.3. The minimum absolute atomic E-state index is 0.0515. The van der Waals surface area contributed by atoms with Gasteiger partial charge < -0.3 is 4.74 Å². The van der Waals surface area contributed by atoms with Crippen LogP contribution < -0.4 is 0 Å². The van der Waals surface area contributed by atoms with Gasteiger partial charge in [0.2, 0.25) is 0 Å². The molecule has 0 N–H and O–H groups in total. The van der Waals surface area contributed by atoms with Gasteiger partial charge in [-0.25, -0.2) is 0 Å². The van der Waals surface area contributed by atoms with Crippen LogP contribution in [0.5, 0.6) is 0 Å². The van der Waals surface area contributed by atoms with Crippen LogP contribution in [0.4, 0.5) is 0 Å². The summed E-state index contributed by atoms with van der Waals surface area (Å²) in [4.78, 5) is 0. The average Bonchev–Trinajstić information content (AvgIpc) is 2.63. The minimum atomic E-state index is 0.0515. The highest BCUT2D eigenvalue weighted by Crippen LogP contribution is 2.43. The molecule has 0 radical (unpaired) electrons. The Kier molecular flexibility index (Phi) is 4.64. The molecule has 2 unspecified atom stereocenters. The second kappa shape index (κ2) is 5.56. The second-order valence-corrected chi connectivity index (χ2v) is 5.24. The third kappa shape index (κ3) is 3.13. The first-order valence-electron chi connectivity index (χ1n) is 6.56. The van der Waals surface area contributed by atoms with E-state index in [4.69, 9.17) is 4.74 Å². The van der Waals surface area contributed by atoms with E-state index in [1.807, 2.05) is 6.92 Å². The molecule has 92 valence electrons. The lowest BCUT2D eigenvalue weighted by atomic mass is 9.95. The van der Waals surface area contributed by atoms with Gasteiger partial charge in [-0.3, -0.25) is 0 Å². The maximum absolute atomic E-state index is 6.09. The van der Waals surface area contributed by atoms with Crippen molar-refractivity contribution in [2.24, 2.45) is 5.92 Å². The normalized spacial score (nSPS) is 29.1. The molecule has 0 amide bonds. The number of rotatable bonds is 6. The molecule has 1 heteroatoms. The molecule has 0 bridgehead atoms. The SMILES string of the molecule is C=C(C)C(=C)OC1(CC)CCC(CCC)C1. The van der Waals surface area contributed by atoms with Crippen molar-refractivity contribution in [2.45, 2.75) is 64.9 Å². The van der Waals surface area contributed by atoms with Gasteiger partial charge in [-0.1, -0.05) is 39.8 Å². The van der Waals surface area contributed by atoms with E-state index in [9.17, 15) is 0 Å². The van der Waals surface area contributed by atoms with Crippen LogP contribution in [-0.4, -0.2) is 5.60 Å². The Labute approximate surface area is 101 Å². The zero-order chi connectivity index (χ0) is 12.2. The fourth-order valence-electron chi connectivity index (χ4n) is 2.69. The van der Waals surface area contributed by atoms with Crippen LogP contribution in [0.25, 0.3) is 0 Å². The van der Waals surface area contributed by atoms with E-state index in [0.29, 0.717) is 0 Å². The summed E-state index contributed by atoms with van der Waals surface area (Å²) in [7, 11) is 0. The van der Waals surface area contributed by atoms with E-state index in [0.717, 1.165) is 23.7 Å². The third-order valence-electron chi connectivity index (χ3n) is 3.83. The van der Waals surface area contributed by atoms with Crippen LogP contribution in [-0.2, 0) is 4.74 Å². The molecule has 1 aliphatic carbocycles. The molecule has 1 saturated carbocycles. The van der Waals surface area contributed by atoms with Crippen molar-refractivity contribution in [2.75, 3.05) is 0 Å². The summed E-state index contributed by atoms with van der Waals surface area (Å²) >= 11 is 0. The molecule has 16 heavy (non-hydrogen) atoms. The summed E-state index contributed by atoms with van der Waals surface area (Å²) in [5.74, 6) is 1.63. The van der Waals surface area contributed by atoms with E-state index in [-0.39, 0.29) is 5.60 Å². The van der Waals surface area contributed by atoms with Gasteiger partial charge in [-0.15, -0.1) is 0 Å². The lowest BCUT2D eigenvalue weighted by molar-refractivity contribution is 0.00542. The molecule has 0 heterocycles. The van der Waals surface area contributed by atoms with E-state index >= 15 is 0 Å². The van der Waals surface area contributed by atoms with Crippen molar-refractivity contribution in [3.63, 3.8) is 0 Å². The highest BCUT2D eigenvalue weighted by Gasteiger charge is 2.39. The molecule has 1 rings (SSSR count). The van der Waals surface area contributed by atoms with Crippen LogP contribution in [0, 0.1) is 5.92 Å². The van der Waals surface area contributed by atoms with Crippen LogP contribution in [0.1, 0.15) is 59.3 Å². The van der Waals surface area contributed by atoms with Crippen molar-refractivity contribution < 1.29 is 4.74 Å². The Morgan fingerprint density at radius 2 is 2.06 bits per heavy atom. The Bertz CT molecular complexity index is 267. The molecule has 0 aromatic carbocycles. The molecule has 0 aromatic heterocycles. The molecule has 1 aliphatic rings. The van der Waals surface area contributed by atoms with Crippen molar-refractivity contribution in [3.8, 4) is 0 Å². The summed E-state index contributed by atoms with van der Waals surface area (Å²) in [6, 6.07) is 0. The van der Waals surface area contributed by atoms with Crippen molar-refractivity contribution in [1.29, 1.82) is 0 Å². The maximum atomic E-state index is 6.09. The molecular formula is C15H26O. The highest BCUT2D eigenvalue weighted by atomic mass is 16.5. The Balaban J connectivity index is 2.59. The van der Waals surface area contributed by atoms with Gasteiger partial charge in [0.25, 0.3) is 0 Å². The van der Waals surface area contributed by atoms with Crippen molar-refractivity contribution >= 4 is 0 Å². The predicted molar refractivity (Wildman–Crippen MR) is 70.3 cm³/mol. The maximum Gasteiger partial charge on any atom is 0.115 e. The first-order valence-corrected chi connectivity index (χ1v) is 6.56. The Morgan fingerprint density at radius 3 is 2.56 bits per heavy atom. The fourth-order valence-corrected chi connectivity index (χ4v) is 2.69. The summed E-state index contributed by atoms with van der Waals surface area (Å²) in [6.07, 6.45) is 7.39. The standard InChI is InChI=1S/C15H26O/c1-6-8-14-9-10-15(7-2,11-14)16-13(5)12(3)4/h14H,3,5-11H2,1-2,4H3. The lowest BCUT2D eigenvalue weighted by Crippen LogP contribution is -2.28. The smallest absolute Gasteiger partial charge is 0.115 e. The predicted octanol–water partition coefficient (Wildman–Crippen LogP) is 4.84. The summed E-state index contributed by atoms with van der Waals surface area (Å²) in [5, 5.41) is 0. The van der Waals surface area contributed by atoms with Gasteiger partial charge in [0.1, 0.15) is 11.4 Å². The molecule has 1 nitrogen and oxygen atoms in total. The van der Waals surface area contributed by atoms with Crippen LogP contribution in [0.2, 0.25) is 0 Å². The average molecular weight is 222 g/mol. The third-order valence-corrected chi connectivity index (χ3v) is 3.83. The van der Waals surface area contributed by atoms with Crippen LogP contribution in [0.3, 0.4) is 0 Å². The van der Waals surface area contributed by atoms with Gasteiger partial charge in [-0.05, 0) is 44.1 Å².